The molecule has 0 aromatic heterocycles. The molecule has 82 valence electrons. The van der Waals surface area contributed by atoms with Gasteiger partial charge in [-0.1, -0.05) is 18.2 Å². The Labute approximate surface area is 88.4 Å². The van der Waals surface area contributed by atoms with E-state index in [1.54, 1.807) is 12.1 Å². The van der Waals surface area contributed by atoms with Gasteiger partial charge in [-0.3, -0.25) is 4.79 Å². The molecule has 4 nitrogen and oxygen atoms in total. The molecule has 0 radical (unpaired) electrons. The Hall–Kier alpha value is -1.55. The summed E-state index contributed by atoms with van der Waals surface area (Å²) in [5, 5.41) is 9.39. The topological polar surface area (TPSA) is 55.8 Å². The van der Waals surface area contributed by atoms with Gasteiger partial charge in [-0.15, -0.1) is 0 Å². The Bertz CT molecular complexity index is 297. The molecule has 1 aromatic rings. The third-order valence-electron chi connectivity index (χ3n) is 1.82. The van der Waals surface area contributed by atoms with Gasteiger partial charge in [0.1, 0.15) is 12.4 Å². The standard InChI is InChI=1S/C11H14O4/c1-14-11(13)7-9(12)8-15-10-5-3-2-4-6-10/h2-6,9,12H,7-8H2,1H3. The van der Waals surface area contributed by atoms with E-state index in [4.69, 9.17) is 4.74 Å². The quantitative estimate of drug-likeness (QED) is 0.736. The zero-order chi connectivity index (χ0) is 11.1. The summed E-state index contributed by atoms with van der Waals surface area (Å²) >= 11 is 0. The van der Waals surface area contributed by atoms with Gasteiger partial charge in [-0.25, -0.2) is 0 Å². The van der Waals surface area contributed by atoms with Gasteiger partial charge < -0.3 is 14.6 Å². The highest BCUT2D eigenvalue weighted by molar-refractivity contribution is 5.69. The van der Waals surface area contributed by atoms with Crippen LogP contribution in [0.4, 0.5) is 0 Å². The fourth-order valence-electron chi connectivity index (χ4n) is 1.04. The Morgan fingerprint density at radius 3 is 2.67 bits per heavy atom. The molecule has 1 unspecified atom stereocenters. The van der Waals surface area contributed by atoms with E-state index in [-0.39, 0.29) is 13.0 Å². The number of carbonyl (C=O) groups excluding carboxylic acids is 1. The van der Waals surface area contributed by atoms with Crippen molar-refractivity contribution in [2.45, 2.75) is 12.5 Å². The molecule has 0 saturated carbocycles. The second-order valence-corrected chi connectivity index (χ2v) is 3.06. The van der Waals surface area contributed by atoms with Crippen molar-refractivity contribution in [2.75, 3.05) is 13.7 Å². The van der Waals surface area contributed by atoms with Crippen LogP contribution < -0.4 is 4.74 Å². The molecule has 15 heavy (non-hydrogen) atoms. The molecular weight excluding hydrogens is 196 g/mol. The molecule has 0 fully saturated rings. The number of hydrogen-bond donors (Lipinski definition) is 1. The Balaban J connectivity index is 2.28. The second-order valence-electron chi connectivity index (χ2n) is 3.06. The van der Waals surface area contributed by atoms with E-state index in [2.05, 4.69) is 4.74 Å². The summed E-state index contributed by atoms with van der Waals surface area (Å²) in [7, 11) is 1.28. The van der Waals surface area contributed by atoms with E-state index in [0.717, 1.165) is 0 Å². The van der Waals surface area contributed by atoms with Crippen LogP contribution in [0.15, 0.2) is 30.3 Å². The van der Waals surface area contributed by atoms with Crippen molar-refractivity contribution in [1.29, 1.82) is 0 Å². The Kier molecular flexibility index (Phi) is 4.63. The first-order chi connectivity index (χ1) is 7.22. The summed E-state index contributed by atoms with van der Waals surface area (Å²) in [6.45, 7) is 0.0825. The highest BCUT2D eigenvalue weighted by Crippen LogP contribution is 2.09. The first kappa shape index (κ1) is 11.5. The molecule has 0 aliphatic carbocycles. The van der Waals surface area contributed by atoms with Crippen LogP contribution in [0.5, 0.6) is 5.75 Å². The Morgan fingerprint density at radius 2 is 2.07 bits per heavy atom. The van der Waals surface area contributed by atoms with Crippen LogP contribution in [-0.2, 0) is 9.53 Å². The van der Waals surface area contributed by atoms with Crippen LogP contribution >= 0.6 is 0 Å². The predicted octanol–water partition coefficient (Wildman–Crippen LogP) is 0.989. The molecule has 1 N–H and O–H groups in total. The number of esters is 1. The summed E-state index contributed by atoms with van der Waals surface area (Å²) in [5.74, 6) is 0.223. The van der Waals surface area contributed by atoms with Gasteiger partial charge in [0, 0.05) is 0 Å². The summed E-state index contributed by atoms with van der Waals surface area (Å²) in [5.41, 5.74) is 0. The number of ether oxygens (including phenoxy) is 2. The highest BCUT2D eigenvalue weighted by Gasteiger charge is 2.11. The minimum atomic E-state index is -0.836. The van der Waals surface area contributed by atoms with Gasteiger partial charge in [-0.05, 0) is 12.1 Å². The van der Waals surface area contributed by atoms with E-state index in [1.807, 2.05) is 18.2 Å². The molecule has 0 saturated heterocycles. The molecule has 1 rings (SSSR count). The van der Waals surface area contributed by atoms with E-state index < -0.39 is 12.1 Å². The summed E-state index contributed by atoms with van der Waals surface area (Å²) in [4.78, 5) is 10.8. The number of benzene rings is 1. The maximum Gasteiger partial charge on any atom is 0.308 e. The molecular formula is C11H14O4. The van der Waals surface area contributed by atoms with Gasteiger partial charge >= 0.3 is 5.97 Å². The molecule has 0 bridgehead atoms. The van der Waals surface area contributed by atoms with E-state index in [1.165, 1.54) is 7.11 Å². The van der Waals surface area contributed by atoms with Crippen molar-refractivity contribution < 1.29 is 19.4 Å². The number of methoxy groups -OCH3 is 1. The molecule has 1 atom stereocenters. The smallest absolute Gasteiger partial charge is 0.308 e. The number of para-hydroxylation sites is 1. The number of aliphatic hydroxyl groups excluding tert-OH is 1. The zero-order valence-electron chi connectivity index (χ0n) is 8.55. The minimum absolute atomic E-state index is 0.0522. The predicted molar refractivity (Wildman–Crippen MR) is 54.6 cm³/mol. The van der Waals surface area contributed by atoms with E-state index in [9.17, 15) is 9.90 Å². The largest absolute Gasteiger partial charge is 0.491 e. The minimum Gasteiger partial charge on any atom is -0.491 e. The van der Waals surface area contributed by atoms with Crippen LogP contribution in [0.3, 0.4) is 0 Å². The number of aliphatic hydroxyl groups is 1. The molecule has 0 spiro atoms. The highest BCUT2D eigenvalue weighted by atomic mass is 16.5. The van der Waals surface area contributed by atoms with Gasteiger partial charge in [0.15, 0.2) is 0 Å². The lowest BCUT2D eigenvalue weighted by atomic mass is 10.3. The zero-order valence-corrected chi connectivity index (χ0v) is 8.55. The summed E-state index contributed by atoms with van der Waals surface area (Å²) in [6.07, 6.45) is -0.888. The average Bonchev–Trinajstić information content (AvgIpc) is 2.27. The van der Waals surface area contributed by atoms with Crippen LogP contribution in [0.2, 0.25) is 0 Å². The lowest BCUT2D eigenvalue weighted by Gasteiger charge is -2.10. The lowest BCUT2D eigenvalue weighted by molar-refractivity contribution is -0.143. The van der Waals surface area contributed by atoms with Gasteiger partial charge in [-0.2, -0.15) is 0 Å². The first-order valence-electron chi connectivity index (χ1n) is 4.65. The third kappa shape index (κ3) is 4.46. The molecule has 0 heterocycles. The van der Waals surface area contributed by atoms with Crippen molar-refractivity contribution in [1.82, 2.24) is 0 Å². The molecule has 0 aliphatic rings. The number of hydrogen-bond acceptors (Lipinski definition) is 4. The van der Waals surface area contributed by atoms with E-state index in [0.29, 0.717) is 5.75 Å². The number of carbonyl (C=O) groups is 1. The fourth-order valence-corrected chi connectivity index (χ4v) is 1.04. The summed E-state index contributed by atoms with van der Waals surface area (Å²) < 4.78 is 9.67. The van der Waals surface area contributed by atoms with E-state index >= 15 is 0 Å². The van der Waals surface area contributed by atoms with Crippen molar-refractivity contribution in [3.8, 4) is 5.75 Å². The first-order valence-corrected chi connectivity index (χ1v) is 4.65. The van der Waals surface area contributed by atoms with Crippen LogP contribution in [-0.4, -0.2) is 30.9 Å². The number of rotatable bonds is 5. The van der Waals surface area contributed by atoms with Crippen molar-refractivity contribution >= 4 is 5.97 Å². The molecule has 0 aliphatic heterocycles. The normalized spacial score (nSPS) is 11.9. The Morgan fingerprint density at radius 1 is 1.40 bits per heavy atom. The summed E-state index contributed by atoms with van der Waals surface area (Å²) in [6, 6.07) is 9.11. The van der Waals surface area contributed by atoms with Crippen molar-refractivity contribution in [3.63, 3.8) is 0 Å². The maximum absolute atomic E-state index is 10.8. The second kappa shape index (κ2) is 6.03. The van der Waals surface area contributed by atoms with Gasteiger partial charge in [0.25, 0.3) is 0 Å². The SMILES string of the molecule is COC(=O)CC(O)COc1ccccc1. The average molecular weight is 210 g/mol. The van der Waals surface area contributed by atoms with Crippen LogP contribution in [0.25, 0.3) is 0 Å². The van der Waals surface area contributed by atoms with Gasteiger partial charge in [0.2, 0.25) is 0 Å². The lowest BCUT2D eigenvalue weighted by Crippen LogP contribution is -2.21. The van der Waals surface area contributed by atoms with Crippen molar-refractivity contribution in [2.24, 2.45) is 0 Å². The third-order valence-corrected chi connectivity index (χ3v) is 1.82. The van der Waals surface area contributed by atoms with Crippen LogP contribution in [0, 0.1) is 0 Å². The molecule has 1 aromatic carbocycles. The molecule has 4 heteroatoms. The fraction of sp³-hybridized carbons (Fsp3) is 0.364. The van der Waals surface area contributed by atoms with Crippen LogP contribution in [0.1, 0.15) is 6.42 Å². The monoisotopic (exact) mass is 210 g/mol. The maximum atomic E-state index is 10.8. The van der Waals surface area contributed by atoms with Crippen molar-refractivity contribution in [3.05, 3.63) is 30.3 Å². The molecule has 0 amide bonds. The van der Waals surface area contributed by atoms with Gasteiger partial charge in [0.05, 0.1) is 19.6 Å².